The van der Waals surface area contributed by atoms with Crippen molar-refractivity contribution in [2.24, 2.45) is 17.1 Å². The minimum absolute atomic E-state index is 0.158. The van der Waals surface area contributed by atoms with Gasteiger partial charge in [0.25, 0.3) is 0 Å². The SMILES string of the molecule is CC(C)Cn1ncnc1CC(N)CC(C)(C)C. The second kappa shape index (κ2) is 5.63. The van der Waals surface area contributed by atoms with Gasteiger partial charge in [0.1, 0.15) is 12.2 Å². The molecule has 0 spiro atoms. The van der Waals surface area contributed by atoms with Crippen LogP contribution >= 0.6 is 0 Å². The molecule has 1 aromatic rings. The van der Waals surface area contributed by atoms with E-state index in [0.29, 0.717) is 5.92 Å². The summed E-state index contributed by atoms with van der Waals surface area (Å²) < 4.78 is 1.98. The summed E-state index contributed by atoms with van der Waals surface area (Å²) in [6, 6.07) is 0.158. The molecule has 1 unspecified atom stereocenters. The minimum Gasteiger partial charge on any atom is -0.327 e. The molecule has 0 amide bonds. The lowest BCUT2D eigenvalue weighted by Gasteiger charge is -2.23. The highest BCUT2D eigenvalue weighted by atomic mass is 15.3. The highest BCUT2D eigenvalue weighted by Gasteiger charge is 2.18. The van der Waals surface area contributed by atoms with Crippen LogP contribution in [0.4, 0.5) is 0 Å². The third kappa shape index (κ3) is 5.31. The van der Waals surface area contributed by atoms with Crippen LogP contribution in [0.5, 0.6) is 0 Å². The van der Waals surface area contributed by atoms with E-state index in [9.17, 15) is 0 Å². The smallest absolute Gasteiger partial charge is 0.138 e. The first-order valence-corrected chi connectivity index (χ1v) is 6.40. The standard InChI is InChI=1S/C13H26N4/c1-10(2)8-17-12(15-9-16-17)6-11(14)7-13(3,4)5/h9-11H,6-8,14H2,1-5H3. The molecule has 0 radical (unpaired) electrons. The molecular weight excluding hydrogens is 212 g/mol. The van der Waals surface area contributed by atoms with Gasteiger partial charge in [-0.05, 0) is 17.8 Å². The largest absolute Gasteiger partial charge is 0.327 e. The zero-order chi connectivity index (χ0) is 13.1. The number of rotatable bonds is 5. The van der Waals surface area contributed by atoms with Gasteiger partial charge in [-0.1, -0.05) is 34.6 Å². The Labute approximate surface area is 105 Å². The molecule has 4 heteroatoms. The van der Waals surface area contributed by atoms with Gasteiger partial charge in [0.15, 0.2) is 0 Å². The molecule has 0 aliphatic carbocycles. The van der Waals surface area contributed by atoms with Crippen LogP contribution in [0, 0.1) is 11.3 Å². The summed E-state index contributed by atoms with van der Waals surface area (Å²) in [6.45, 7) is 11.9. The Balaban J connectivity index is 2.59. The molecule has 0 saturated heterocycles. The number of nitrogens with two attached hydrogens (primary N) is 1. The van der Waals surface area contributed by atoms with E-state index in [4.69, 9.17) is 5.73 Å². The van der Waals surface area contributed by atoms with Crippen LogP contribution in [-0.4, -0.2) is 20.8 Å². The van der Waals surface area contributed by atoms with Crippen molar-refractivity contribution in [2.45, 2.75) is 60.0 Å². The molecule has 1 atom stereocenters. The van der Waals surface area contributed by atoms with Crippen molar-refractivity contribution in [3.05, 3.63) is 12.2 Å². The lowest BCUT2D eigenvalue weighted by Crippen LogP contribution is -2.30. The Bertz CT molecular complexity index is 335. The van der Waals surface area contributed by atoms with E-state index in [0.717, 1.165) is 25.2 Å². The van der Waals surface area contributed by atoms with Crippen LogP contribution in [-0.2, 0) is 13.0 Å². The molecule has 0 aliphatic heterocycles. The first-order valence-electron chi connectivity index (χ1n) is 6.40. The number of hydrogen-bond donors (Lipinski definition) is 1. The molecule has 0 bridgehead atoms. The first kappa shape index (κ1) is 14.2. The molecule has 98 valence electrons. The van der Waals surface area contributed by atoms with Crippen molar-refractivity contribution in [2.75, 3.05) is 0 Å². The zero-order valence-electron chi connectivity index (χ0n) is 11.8. The maximum Gasteiger partial charge on any atom is 0.138 e. The highest BCUT2D eigenvalue weighted by Crippen LogP contribution is 2.21. The van der Waals surface area contributed by atoms with E-state index >= 15 is 0 Å². The second-order valence-electron chi connectivity index (χ2n) is 6.48. The van der Waals surface area contributed by atoms with Gasteiger partial charge in [-0.3, -0.25) is 0 Å². The lowest BCUT2D eigenvalue weighted by molar-refractivity contribution is 0.332. The van der Waals surface area contributed by atoms with Crippen molar-refractivity contribution < 1.29 is 0 Å². The number of nitrogens with zero attached hydrogens (tertiary/aromatic N) is 3. The molecule has 4 nitrogen and oxygen atoms in total. The first-order chi connectivity index (χ1) is 7.78. The molecule has 1 rings (SSSR count). The van der Waals surface area contributed by atoms with Gasteiger partial charge in [0, 0.05) is 19.0 Å². The molecule has 17 heavy (non-hydrogen) atoms. The summed E-state index contributed by atoms with van der Waals surface area (Å²) >= 11 is 0. The van der Waals surface area contributed by atoms with Crippen LogP contribution < -0.4 is 5.73 Å². The third-order valence-electron chi connectivity index (χ3n) is 2.55. The second-order valence-corrected chi connectivity index (χ2v) is 6.48. The van der Waals surface area contributed by atoms with E-state index < -0.39 is 0 Å². The monoisotopic (exact) mass is 238 g/mol. The quantitative estimate of drug-likeness (QED) is 0.856. The Kier molecular flexibility index (Phi) is 4.69. The van der Waals surface area contributed by atoms with E-state index in [-0.39, 0.29) is 11.5 Å². The number of hydrogen-bond acceptors (Lipinski definition) is 3. The minimum atomic E-state index is 0.158. The normalized spacial score (nSPS) is 14.3. The van der Waals surface area contributed by atoms with Gasteiger partial charge < -0.3 is 5.73 Å². The molecule has 0 fully saturated rings. The lowest BCUT2D eigenvalue weighted by atomic mass is 9.87. The molecule has 1 heterocycles. The average Bonchev–Trinajstić information content (AvgIpc) is 2.47. The van der Waals surface area contributed by atoms with Crippen LogP contribution in [0.25, 0.3) is 0 Å². The van der Waals surface area contributed by atoms with E-state index in [1.54, 1.807) is 6.33 Å². The Morgan fingerprint density at radius 3 is 2.53 bits per heavy atom. The fraction of sp³-hybridized carbons (Fsp3) is 0.846. The summed E-state index contributed by atoms with van der Waals surface area (Å²) in [6.07, 6.45) is 3.44. The van der Waals surface area contributed by atoms with Crippen LogP contribution in [0.2, 0.25) is 0 Å². The molecule has 0 aliphatic rings. The van der Waals surface area contributed by atoms with Gasteiger partial charge in [0.05, 0.1) is 0 Å². The predicted molar refractivity (Wildman–Crippen MR) is 70.6 cm³/mol. The van der Waals surface area contributed by atoms with Gasteiger partial charge in [-0.15, -0.1) is 0 Å². The summed E-state index contributed by atoms with van der Waals surface area (Å²) in [5, 5.41) is 4.26. The van der Waals surface area contributed by atoms with E-state index in [1.165, 1.54) is 0 Å². The predicted octanol–water partition coefficient (Wildman–Crippen LogP) is 2.24. The van der Waals surface area contributed by atoms with Crippen LogP contribution in [0.1, 0.15) is 46.9 Å². The summed E-state index contributed by atoms with van der Waals surface area (Å²) in [4.78, 5) is 4.31. The fourth-order valence-corrected chi connectivity index (χ4v) is 2.04. The third-order valence-corrected chi connectivity index (χ3v) is 2.55. The van der Waals surface area contributed by atoms with Crippen molar-refractivity contribution >= 4 is 0 Å². The van der Waals surface area contributed by atoms with E-state index in [2.05, 4.69) is 44.7 Å². The van der Waals surface area contributed by atoms with Gasteiger partial charge in [-0.25, -0.2) is 9.67 Å². The molecule has 0 saturated carbocycles. The van der Waals surface area contributed by atoms with Crippen LogP contribution in [0.15, 0.2) is 6.33 Å². The van der Waals surface area contributed by atoms with E-state index in [1.807, 2.05) is 4.68 Å². The number of aromatic nitrogens is 3. The summed E-state index contributed by atoms with van der Waals surface area (Å²) in [5.74, 6) is 1.59. The van der Waals surface area contributed by atoms with Crippen molar-refractivity contribution in [1.29, 1.82) is 0 Å². The van der Waals surface area contributed by atoms with Crippen molar-refractivity contribution in [1.82, 2.24) is 14.8 Å². The van der Waals surface area contributed by atoms with Gasteiger partial charge in [0.2, 0.25) is 0 Å². The topological polar surface area (TPSA) is 56.7 Å². The summed E-state index contributed by atoms with van der Waals surface area (Å²) in [7, 11) is 0. The van der Waals surface area contributed by atoms with Gasteiger partial charge in [-0.2, -0.15) is 5.10 Å². The highest BCUT2D eigenvalue weighted by molar-refractivity contribution is 4.90. The maximum atomic E-state index is 6.17. The van der Waals surface area contributed by atoms with Crippen molar-refractivity contribution in [3.63, 3.8) is 0 Å². The summed E-state index contributed by atoms with van der Waals surface area (Å²) in [5.41, 5.74) is 6.44. The molecular formula is C13H26N4. The Hall–Kier alpha value is -0.900. The van der Waals surface area contributed by atoms with Crippen LogP contribution in [0.3, 0.4) is 0 Å². The molecule has 2 N–H and O–H groups in total. The van der Waals surface area contributed by atoms with Crippen molar-refractivity contribution in [3.8, 4) is 0 Å². The Morgan fingerprint density at radius 2 is 2.00 bits per heavy atom. The molecule has 1 aromatic heterocycles. The Morgan fingerprint density at radius 1 is 1.35 bits per heavy atom. The fourth-order valence-electron chi connectivity index (χ4n) is 2.04. The average molecular weight is 238 g/mol. The maximum absolute atomic E-state index is 6.17. The molecule has 0 aromatic carbocycles. The van der Waals surface area contributed by atoms with Gasteiger partial charge >= 0.3 is 0 Å². The zero-order valence-corrected chi connectivity index (χ0v) is 11.8.